The van der Waals surface area contributed by atoms with Crippen LogP contribution in [-0.4, -0.2) is 28.6 Å². The second kappa shape index (κ2) is 8.70. The third-order valence-corrected chi connectivity index (χ3v) is 3.42. The first-order valence-electron chi connectivity index (χ1n) is 7.55. The summed E-state index contributed by atoms with van der Waals surface area (Å²) in [5, 5.41) is 4.44. The molecule has 3 rings (SSSR count). The van der Waals surface area contributed by atoms with Crippen LogP contribution >= 0.6 is 0 Å². The van der Waals surface area contributed by atoms with Crippen LogP contribution in [0.5, 0.6) is 5.75 Å². The molecule has 5 nitrogen and oxygen atoms in total. The predicted molar refractivity (Wildman–Crippen MR) is 92.8 cm³/mol. The largest absolute Gasteiger partial charge is 0.494 e. The van der Waals surface area contributed by atoms with Crippen molar-refractivity contribution < 1.29 is 10.2 Å². The highest BCUT2D eigenvalue weighted by Gasteiger charge is 2.01. The maximum atomic E-state index is 5.68. The Morgan fingerprint density at radius 2 is 1.65 bits per heavy atom. The molecule has 0 saturated carbocycles. The van der Waals surface area contributed by atoms with Crippen LogP contribution in [0.4, 0.5) is 5.82 Å². The Morgan fingerprint density at radius 1 is 0.870 bits per heavy atom. The lowest BCUT2D eigenvalue weighted by Gasteiger charge is -2.09. The summed E-state index contributed by atoms with van der Waals surface area (Å²) in [5.74, 6) is 1.83. The van der Waals surface area contributed by atoms with E-state index >= 15 is 0 Å². The zero-order chi connectivity index (χ0) is 15.0. The van der Waals surface area contributed by atoms with Crippen LogP contribution < -0.4 is 10.1 Å². The fourth-order valence-electron chi connectivity index (χ4n) is 2.29. The molecule has 0 aliphatic rings. The molecule has 0 bridgehead atoms. The molecule has 0 atom stereocenters. The zero-order valence-corrected chi connectivity index (χ0v) is 12.9. The van der Waals surface area contributed by atoms with Crippen molar-refractivity contribution >= 4 is 16.7 Å². The summed E-state index contributed by atoms with van der Waals surface area (Å²) in [6.45, 7) is 1.61. The van der Waals surface area contributed by atoms with Crippen molar-refractivity contribution in [1.29, 1.82) is 0 Å². The van der Waals surface area contributed by atoms with E-state index in [1.165, 1.54) is 0 Å². The summed E-state index contributed by atoms with van der Waals surface area (Å²) in [4.78, 5) is 8.58. The number of ether oxygens (including phenoxy) is 1. The van der Waals surface area contributed by atoms with Gasteiger partial charge in [-0.2, -0.15) is 0 Å². The minimum atomic E-state index is 0. The molecule has 120 valence electrons. The quantitative estimate of drug-likeness (QED) is 0.680. The van der Waals surface area contributed by atoms with Crippen LogP contribution in [0.3, 0.4) is 0 Å². The highest BCUT2D eigenvalue weighted by Crippen LogP contribution is 2.18. The van der Waals surface area contributed by atoms with Crippen LogP contribution in [0.25, 0.3) is 10.9 Å². The minimum Gasteiger partial charge on any atom is -0.494 e. The molecule has 0 fully saturated rings. The molecule has 0 amide bonds. The smallest absolute Gasteiger partial charge is 0.137 e. The van der Waals surface area contributed by atoms with E-state index in [0.717, 1.165) is 48.5 Å². The molecule has 0 saturated heterocycles. The standard InChI is InChI=1S/C18H19N3O.H2O/c1-2-8-15(9-3-1)22-13-7-6-12-19-18-16-10-4-5-11-17(16)20-14-21-18;/h1-5,8-11,14H,6-7,12-13H2,(H,19,20,21);1H2. The molecule has 23 heavy (non-hydrogen) atoms. The number of unbranched alkanes of at least 4 members (excludes halogenated alkanes) is 1. The van der Waals surface area contributed by atoms with Crippen molar-refractivity contribution in [3.63, 3.8) is 0 Å². The summed E-state index contributed by atoms with van der Waals surface area (Å²) in [7, 11) is 0. The minimum absolute atomic E-state index is 0. The van der Waals surface area contributed by atoms with Gasteiger partial charge in [0.05, 0.1) is 12.1 Å². The van der Waals surface area contributed by atoms with E-state index in [2.05, 4.69) is 15.3 Å². The SMILES string of the molecule is O.c1ccc(OCCCCNc2ncnc3ccccc23)cc1. The van der Waals surface area contributed by atoms with Gasteiger partial charge in [-0.05, 0) is 37.1 Å². The van der Waals surface area contributed by atoms with E-state index in [9.17, 15) is 0 Å². The van der Waals surface area contributed by atoms with Crippen LogP contribution in [0.15, 0.2) is 60.9 Å². The first-order valence-corrected chi connectivity index (χ1v) is 7.55. The van der Waals surface area contributed by atoms with Crippen LogP contribution in [0, 0.1) is 0 Å². The van der Waals surface area contributed by atoms with Gasteiger partial charge >= 0.3 is 0 Å². The third-order valence-electron chi connectivity index (χ3n) is 3.42. The van der Waals surface area contributed by atoms with E-state index in [1.807, 2.05) is 54.6 Å². The number of nitrogens with zero attached hydrogens (tertiary/aromatic N) is 2. The maximum absolute atomic E-state index is 5.68. The van der Waals surface area contributed by atoms with Crippen molar-refractivity contribution in [1.82, 2.24) is 9.97 Å². The van der Waals surface area contributed by atoms with Gasteiger partial charge in [-0.3, -0.25) is 0 Å². The molecule has 0 spiro atoms. The second-order valence-corrected chi connectivity index (χ2v) is 5.03. The number of para-hydroxylation sites is 2. The summed E-state index contributed by atoms with van der Waals surface area (Å²) in [6, 6.07) is 17.9. The number of benzene rings is 2. The number of aromatic nitrogens is 2. The second-order valence-electron chi connectivity index (χ2n) is 5.03. The number of rotatable bonds is 7. The molecule has 1 heterocycles. The molecule has 0 radical (unpaired) electrons. The normalized spacial score (nSPS) is 10.1. The number of hydrogen-bond donors (Lipinski definition) is 1. The fraction of sp³-hybridized carbons (Fsp3) is 0.222. The van der Waals surface area contributed by atoms with Gasteiger partial charge in [-0.15, -0.1) is 0 Å². The molecule has 2 aromatic carbocycles. The summed E-state index contributed by atoms with van der Waals surface area (Å²) < 4.78 is 5.68. The van der Waals surface area contributed by atoms with Gasteiger partial charge in [0, 0.05) is 11.9 Å². The average molecular weight is 311 g/mol. The van der Waals surface area contributed by atoms with Gasteiger partial charge < -0.3 is 15.5 Å². The van der Waals surface area contributed by atoms with Crippen molar-refractivity contribution in [2.24, 2.45) is 0 Å². The number of fused-ring (bicyclic) bond motifs is 1. The van der Waals surface area contributed by atoms with Crippen LogP contribution in [-0.2, 0) is 0 Å². The van der Waals surface area contributed by atoms with Gasteiger partial charge in [-0.1, -0.05) is 30.3 Å². The van der Waals surface area contributed by atoms with E-state index in [0.29, 0.717) is 0 Å². The van der Waals surface area contributed by atoms with Gasteiger partial charge in [-0.25, -0.2) is 9.97 Å². The van der Waals surface area contributed by atoms with Crippen LogP contribution in [0.1, 0.15) is 12.8 Å². The Balaban J connectivity index is 0.00000192. The Morgan fingerprint density at radius 3 is 2.52 bits per heavy atom. The lowest BCUT2D eigenvalue weighted by molar-refractivity contribution is 0.308. The molecule has 0 unspecified atom stereocenters. The topological polar surface area (TPSA) is 78.5 Å². The Bertz CT molecular complexity index is 714. The van der Waals surface area contributed by atoms with Gasteiger partial charge in [0.15, 0.2) is 0 Å². The van der Waals surface area contributed by atoms with Crippen molar-refractivity contribution in [3.05, 3.63) is 60.9 Å². The first-order chi connectivity index (χ1) is 10.9. The van der Waals surface area contributed by atoms with Crippen molar-refractivity contribution in [3.8, 4) is 5.75 Å². The fourth-order valence-corrected chi connectivity index (χ4v) is 2.29. The number of nitrogens with one attached hydrogen (secondary N) is 1. The molecule has 3 aromatic rings. The van der Waals surface area contributed by atoms with E-state index in [1.54, 1.807) is 6.33 Å². The van der Waals surface area contributed by atoms with E-state index < -0.39 is 0 Å². The van der Waals surface area contributed by atoms with Gasteiger partial charge in [0.1, 0.15) is 17.9 Å². The Kier molecular flexibility index (Phi) is 6.32. The van der Waals surface area contributed by atoms with Crippen molar-refractivity contribution in [2.75, 3.05) is 18.5 Å². The third kappa shape index (κ3) is 4.66. The summed E-state index contributed by atoms with van der Waals surface area (Å²) in [5.41, 5.74) is 0.965. The van der Waals surface area contributed by atoms with Crippen LogP contribution in [0.2, 0.25) is 0 Å². The highest BCUT2D eigenvalue weighted by molar-refractivity contribution is 5.88. The van der Waals surface area contributed by atoms with E-state index in [-0.39, 0.29) is 5.48 Å². The van der Waals surface area contributed by atoms with Gasteiger partial charge in [0.2, 0.25) is 0 Å². The lowest BCUT2D eigenvalue weighted by atomic mass is 10.2. The monoisotopic (exact) mass is 311 g/mol. The summed E-state index contributed by atoms with van der Waals surface area (Å²) in [6.07, 6.45) is 3.64. The molecule has 0 aliphatic heterocycles. The van der Waals surface area contributed by atoms with Gasteiger partial charge in [0.25, 0.3) is 0 Å². The Labute approximate surface area is 135 Å². The van der Waals surface area contributed by atoms with Crippen molar-refractivity contribution in [2.45, 2.75) is 12.8 Å². The molecular weight excluding hydrogens is 290 g/mol. The molecule has 0 aliphatic carbocycles. The molecule has 1 aromatic heterocycles. The Hall–Kier alpha value is -2.66. The summed E-state index contributed by atoms with van der Waals surface area (Å²) >= 11 is 0. The molecular formula is C18H21N3O2. The zero-order valence-electron chi connectivity index (χ0n) is 12.9. The number of anilines is 1. The first kappa shape index (κ1) is 16.7. The average Bonchev–Trinajstić information content (AvgIpc) is 2.59. The molecule has 3 N–H and O–H groups in total. The lowest BCUT2D eigenvalue weighted by Crippen LogP contribution is -2.06. The number of hydrogen-bond acceptors (Lipinski definition) is 4. The highest BCUT2D eigenvalue weighted by atomic mass is 16.5. The maximum Gasteiger partial charge on any atom is 0.137 e. The molecule has 5 heteroatoms. The predicted octanol–water partition coefficient (Wildman–Crippen LogP) is 3.08. The van der Waals surface area contributed by atoms with E-state index in [4.69, 9.17) is 4.74 Å².